The Hall–Kier alpha value is -3.20. The molecule has 0 radical (unpaired) electrons. The summed E-state index contributed by atoms with van der Waals surface area (Å²) in [7, 11) is 0. The lowest BCUT2D eigenvalue weighted by Crippen LogP contribution is -2.10. The van der Waals surface area contributed by atoms with Gasteiger partial charge in [0.1, 0.15) is 6.10 Å². The highest BCUT2D eigenvalue weighted by molar-refractivity contribution is 6.09. The average Bonchev–Trinajstić information content (AvgIpc) is 2.68. The Balaban J connectivity index is 1.77. The Labute approximate surface area is 146 Å². The van der Waals surface area contributed by atoms with Crippen molar-refractivity contribution in [3.05, 3.63) is 107 Å². The van der Waals surface area contributed by atoms with Crippen molar-refractivity contribution >= 4 is 11.8 Å². The highest BCUT2D eigenvalue weighted by Gasteiger charge is 2.16. The number of hydrogen-bond donors (Lipinski definition) is 0. The topological polar surface area (TPSA) is 43.4 Å². The molecule has 0 aromatic heterocycles. The lowest BCUT2D eigenvalue weighted by atomic mass is 10.0. The number of benzene rings is 3. The Kier molecular flexibility index (Phi) is 5.05. The molecule has 3 heteroatoms. The fraction of sp³-hybridized carbons (Fsp3) is 0.0909. The van der Waals surface area contributed by atoms with Gasteiger partial charge in [0.15, 0.2) is 5.78 Å². The molecule has 0 spiro atoms. The van der Waals surface area contributed by atoms with Crippen molar-refractivity contribution in [2.45, 2.75) is 13.0 Å². The van der Waals surface area contributed by atoms with Crippen LogP contribution in [0.15, 0.2) is 84.9 Å². The molecule has 0 aliphatic heterocycles. The molecule has 0 amide bonds. The third-order valence-corrected chi connectivity index (χ3v) is 3.95. The minimum Gasteiger partial charge on any atom is -0.454 e. The van der Waals surface area contributed by atoms with Gasteiger partial charge in [-0.05, 0) is 24.6 Å². The van der Waals surface area contributed by atoms with Crippen molar-refractivity contribution < 1.29 is 14.3 Å². The predicted molar refractivity (Wildman–Crippen MR) is 96.6 cm³/mol. The summed E-state index contributed by atoms with van der Waals surface area (Å²) < 4.78 is 5.51. The Bertz CT molecular complexity index is 870. The van der Waals surface area contributed by atoms with Crippen molar-refractivity contribution in [1.29, 1.82) is 0 Å². The Morgan fingerprint density at radius 3 is 1.96 bits per heavy atom. The highest BCUT2D eigenvalue weighted by Crippen LogP contribution is 2.19. The quantitative estimate of drug-likeness (QED) is 0.497. The maximum absolute atomic E-state index is 12.5. The zero-order valence-corrected chi connectivity index (χ0v) is 13.9. The first-order chi connectivity index (χ1) is 12.1. The maximum Gasteiger partial charge on any atom is 0.338 e. The Morgan fingerprint density at radius 2 is 1.28 bits per heavy atom. The minimum absolute atomic E-state index is 0.119. The van der Waals surface area contributed by atoms with Crippen LogP contribution in [0.3, 0.4) is 0 Å². The molecule has 3 rings (SSSR count). The number of esters is 1. The molecule has 0 saturated carbocycles. The number of carbonyl (C=O) groups is 2. The second kappa shape index (κ2) is 7.58. The van der Waals surface area contributed by atoms with Crippen LogP contribution in [0, 0.1) is 0 Å². The van der Waals surface area contributed by atoms with Crippen LogP contribution in [0.1, 0.15) is 44.9 Å². The summed E-state index contributed by atoms with van der Waals surface area (Å²) in [5.41, 5.74) is 2.34. The standard InChI is InChI=1S/C22H18O3/c1-16(17-9-4-2-5-10-17)25-22(24)20-14-8-13-19(15-20)21(23)18-11-6-3-7-12-18/h2-16H,1H3/t16-/m0/s1. The van der Waals surface area contributed by atoms with Crippen LogP contribution in [0.2, 0.25) is 0 Å². The van der Waals surface area contributed by atoms with Gasteiger partial charge in [-0.3, -0.25) is 4.79 Å². The van der Waals surface area contributed by atoms with Crippen LogP contribution in [0.25, 0.3) is 0 Å². The first-order valence-electron chi connectivity index (χ1n) is 8.11. The molecule has 0 fully saturated rings. The molecule has 0 aliphatic rings. The smallest absolute Gasteiger partial charge is 0.338 e. The second-order valence-electron chi connectivity index (χ2n) is 5.73. The summed E-state index contributed by atoms with van der Waals surface area (Å²) in [6.45, 7) is 1.83. The second-order valence-corrected chi connectivity index (χ2v) is 5.73. The summed E-state index contributed by atoms with van der Waals surface area (Å²) in [6.07, 6.45) is -0.359. The number of carbonyl (C=O) groups excluding carboxylic acids is 2. The summed E-state index contributed by atoms with van der Waals surface area (Å²) in [5.74, 6) is -0.564. The minimum atomic E-state index is -0.445. The van der Waals surface area contributed by atoms with Crippen LogP contribution >= 0.6 is 0 Å². The van der Waals surface area contributed by atoms with E-state index in [1.54, 1.807) is 36.4 Å². The van der Waals surface area contributed by atoms with E-state index in [0.717, 1.165) is 5.56 Å². The van der Waals surface area contributed by atoms with Gasteiger partial charge in [-0.25, -0.2) is 4.79 Å². The third kappa shape index (κ3) is 4.01. The Morgan fingerprint density at radius 1 is 0.720 bits per heavy atom. The van der Waals surface area contributed by atoms with E-state index in [4.69, 9.17) is 4.74 Å². The van der Waals surface area contributed by atoms with Gasteiger partial charge in [0.2, 0.25) is 0 Å². The van der Waals surface area contributed by atoms with Crippen LogP contribution in [0.5, 0.6) is 0 Å². The molecule has 25 heavy (non-hydrogen) atoms. The number of hydrogen-bond acceptors (Lipinski definition) is 3. The van der Waals surface area contributed by atoms with Crippen LogP contribution in [-0.2, 0) is 4.74 Å². The van der Waals surface area contributed by atoms with Crippen molar-refractivity contribution in [2.24, 2.45) is 0 Å². The molecule has 0 unspecified atom stereocenters. The number of ketones is 1. The first-order valence-corrected chi connectivity index (χ1v) is 8.11. The maximum atomic E-state index is 12.5. The van der Waals surface area contributed by atoms with Gasteiger partial charge in [0.25, 0.3) is 0 Å². The molecule has 0 saturated heterocycles. The fourth-order valence-electron chi connectivity index (χ4n) is 2.56. The van der Waals surface area contributed by atoms with Gasteiger partial charge in [-0.15, -0.1) is 0 Å². The van der Waals surface area contributed by atoms with Gasteiger partial charge >= 0.3 is 5.97 Å². The largest absolute Gasteiger partial charge is 0.454 e. The molecule has 3 aromatic rings. The monoisotopic (exact) mass is 330 g/mol. The van der Waals surface area contributed by atoms with E-state index in [-0.39, 0.29) is 11.9 Å². The van der Waals surface area contributed by atoms with Crippen molar-refractivity contribution in [1.82, 2.24) is 0 Å². The third-order valence-electron chi connectivity index (χ3n) is 3.95. The van der Waals surface area contributed by atoms with Gasteiger partial charge in [0, 0.05) is 11.1 Å². The van der Waals surface area contributed by atoms with E-state index < -0.39 is 5.97 Å². The van der Waals surface area contributed by atoms with Crippen molar-refractivity contribution in [2.75, 3.05) is 0 Å². The molecule has 124 valence electrons. The fourth-order valence-corrected chi connectivity index (χ4v) is 2.56. The summed E-state index contributed by atoms with van der Waals surface area (Å²) in [4.78, 5) is 24.9. The van der Waals surface area contributed by atoms with E-state index in [1.165, 1.54) is 0 Å². The molecule has 3 nitrogen and oxygen atoms in total. The number of rotatable bonds is 5. The van der Waals surface area contributed by atoms with Crippen molar-refractivity contribution in [3.8, 4) is 0 Å². The van der Waals surface area contributed by atoms with Gasteiger partial charge in [-0.1, -0.05) is 72.8 Å². The van der Waals surface area contributed by atoms with Gasteiger partial charge < -0.3 is 4.74 Å². The molecule has 0 heterocycles. The van der Waals surface area contributed by atoms with Crippen LogP contribution < -0.4 is 0 Å². The van der Waals surface area contributed by atoms with E-state index >= 15 is 0 Å². The molecule has 1 atom stereocenters. The van der Waals surface area contributed by atoms with E-state index in [2.05, 4.69) is 0 Å². The van der Waals surface area contributed by atoms with Gasteiger partial charge in [-0.2, -0.15) is 0 Å². The van der Waals surface area contributed by atoms with E-state index in [0.29, 0.717) is 16.7 Å². The van der Waals surface area contributed by atoms with Crippen molar-refractivity contribution in [3.63, 3.8) is 0 Å². The molecule has 0 N–H and O–H groups in total. The predicted octanol–water partition coefficient (Wildman–Crippen LogP) is 4.84. The van der Waals surface area contributed by atoms with E-state index in [1.807, 2.05) is 55.5 Å². The normalized spacial score (nSPS) is 11.6. The lowest BCUT2D eigenvalue weighted by Gasteiger charge is -2.14. The molecular formula is C22H18O3. The van der Waals surface area contributed by atoms with Crippen LogP contribution in [0.4, 0.5) is 0 Å². The summed E-state index contributed by atoms with van der Waals surface area (Å²) >= 11 is 0. The zero-order valence-electron chi connectivity index (χ0n) is 13.9. The first kappa shape index (κ1) is 16.7. The summed E-state index contributed by atoms with van der Waals surface area (Å²) in [5, 5.41) is 0. The molecule has 3 aromatic carbocycles. The SMILES string of the molecule is C[C@H](OC(=O)c1cccc(C(=O)c2ccccc2)c1)c1ccccc1. The lowest BCUT2D eigenvalue weighted by molar-refractivity contribution is 0.0338. The highest BCUT2D eigenvalue weighted by atomic mass is 16.5. The molecular weight excluding hydrogens is 312 g/mol. The van der Waals surface area contributed by atoms with E-state index in [9.17, 15) is 9.59 Å². The average molecular weight is 330 g/mol. The van der Waals surface area contributed by atoms with Gasteiger partial charge in [0.05, 0.1) is 5.56 Å². The molecule has 0 bridgehead atoms. The molecule has 0 aliphatic carbocycles. The number of ether oxygens (including phenoxy) is 1. The van der Waals surface area contributed by atoms with Crippen LogP contribution in [-0.4, -0.2) is 11.8 Å². The summed E-state index contributed by atoms with van der Waals surface area (Å²) in [6, 6.07) is 25.2. The zero-order chi connectivity index (χ0) is 17.6.